The van der Waals surface area contributed by atoms with Gasteiger partial charge in [0.2, 0.25) is 0 Å². The minimum absolute atomic E-state index is 0.217. The quantitative estimate of drug-likeness (QED) is 0.914. The Balaban J connectivity index is 1.79. The molecule has 0 saturated carbocycles. The third-order valence-electron chi connectivity index (χ3n) is 3.02. The van der Waals surface area contributed by atoms with E-state index in [9.17, 15) is 4.79 Å². The first-order valence-corrected chi connectivity index (χ1v) is 6.68. The van der Waals surface area contributed by atoms with E-state index in [1.807, 2.05) is 60.7 Å². The first-order valence-electron chi connectivity index (χ1n) is 6.68. The van der Waals surface area contributed by atoms with Gasteiger partial charge in [0, 0.05) is 6.54 Å². The van der Waals surface area contributed by atoms with Gasteiger partial charge < -0.3 is 10.1 Å². The van der Waals surface area contributed by atoms with Gasteiger partial charge in [-0.3, -0.25) is 0 Å². The van der Waals surface area contributed by atoms with Gasteiger partial charge in [-0.2, -0.15) is 5.26 Å². The summed E-state index contributed by atoms with van der Waals surface area (Å²) >= 11 is 0. The normalized spacial score (nSPS) is 11.2. The van der Waals surface area contributed by atoms with Gasteiger partial charge >= 0.3 is 6.09 Å². The van der Waals surface area contributed by atoms with E-state index in [1.165, 1.54) is 0 Å². The molecule has 4 nitrogen and oxygen atoms in total. The van der Waals surface area contributed by atoms with Gasteiger partial charge in [-0.1, -0.05) is 60.7 Å². The summed E-state index contributed by atoms with van der Waals surface area (Å²) in [4.78, 5) is 11.6. The molecule has 0 spiro atoms. The van der Waals surface area contributed by atoms with Crippen LogP contribution in [0.25, 0.3) is 0 Å². The van der Waals surface area contributed by atoms with Crippen molar-refractivity contribution in [1.29, 1.82) is 5.26 Å². The predicted octanol–water partition coefficient (Wildman–Crippen LogP) is 3.22. The molecule has 0 heterocycles. The summed E-state index contributed by atoms with van der Waals surface area (Å²) in [5, 5.41) is 11.8. The van der Waals surface area contributed by atoms with Crippen LogP contribution in [0.5, 0.6) is 0 Å². The number of hydrogen-bond donors (Lipinski definition) is 1. The van der Waals surface area contributed by atoms with Crippen molar-refractivity contribution in [1.82, 2.24) is 5.32 Å². The van der Waals surface area contributed by atoms with Crippen molar-refractivity contribution >= 4 is 6.09 Å². The Hall–Kier alpha value is -2.80. The molecule has 2 rings (SSSR count). The second-order valence-electron chi connectivity index (χ2n) is 4.54. The fourth-order valence-electron chi connectivity index (χ4n) is 1.88. The van der Waals surface area contributed by atoms with Gasteiger partial charge in [-0.25, -0.2) is 4.79 Å². The number of rotatable bonds is 5. The lowest BCUT2D eigenvalue weighted by molar-refractivity contribution is 0.139. The molecular formula is C17H16N2O2. The molecule has 0 radical (unpaired) electrons. The number of alkyl carbamates (subject to hydrolysis) is 1. The molecule has 2 aromatic rings. The predicted molar refractivity (Wildman–Crippen MR) is 79.4 cm³/mol. The Morgan fingerprint density at radius 2 is 1.71 bits per heavy atom. The van der Waals surface area contributed by atoms with Crippen molar-refractivity contribution in [2.75, 3.05) is 6.54 Å². The lowest BCUT2D eigenvalue weighted by atomic mass is 10.0. The average Bonchev–Trinajstić information content (AvgIpc) is 2.55. The Morgan fingerprint density at radius 3 is 2.33 bits per heavy atom. The third kappa shape index (κ3) is 4.66. The van der Waals surface area contributed by atoms with Crippen LogP contribution in [0.15, 0.2) is 60.7 Å². The molecule has 1 amide bonds. The first kappa shape index (κ1) is 14.6. The monoisotopic (exact) mass is 280 g/mol. The molecule has 0 aliphatic carbocycles. The minimum atomic E-state index is -0.518. The Kier molecular flexibility index (Phi) is 5.36. The van der Waals surface area contributed by atoms with E-state index in [4.69, 9.17) is 10.00 Å². The number of benzene rings is 2. The largest absolute Gasteiger partial charge is 0.445 e. The van der Waals surface area contributed by atoms with Gasteiger partial charge in [0.15, 0.2) is 0 Å². The van der Waals surface area contributed by atoms with Gasteiger partial charge in [0.1, 0.15) is 6.61 Å². The van der Waals surface area contributed by atoms with Crippen LogP contribution >= 0.6 is 0 Å². The minimum Gasteiger partial charge on any atom is -0.445 e. The second kappa shape index (κ2) is 7.71. The highest BCUT2D eigenvalue weighted by Crippen LogP contribution is 2.13. The standard InChI is InChI=1S/C17H16N2O2/c18-11-16(15-9-5-2-6-10-15)12-19-17(20)21-13-14-7-3-1-4-8-14/h1-10,16H,12-13H2,(H,19,20). The van der Waals surface area contributed by atoms with Crippen molar-refractivity contribution in [2.24, 2.45) is 0 Å². The topological polar surface area (TPSA) is 62.1 Å². The van der Waals surface area contributed by atoms with Crippen molar-refractivity contribution in [3.63, 3.8) is 0 Å². The average molecular weight is 280 g/mol. The first-order chi connectivity index (χ1) is 10.3. The maximum absolute atomic E-state index is 11.6. The fourth-order valence-corrected chi connectivity index (χ4v) is 1.88. The zero-order valence-electron chi connectivity index (χ0n) is 11.5. The van der Waals surface area contributed by atoms with E-state index in [-0.39, 0.29) is 19.1 Å². The smallest absolute Gasteiger partial charge is 0.407 e. The van der Waals surface area contributed by atoms with E-state index in [0.29, 0.717) is 0 Å². The lowest BCUT2D eigenvalue weighted by Gasteiger charge is -2.11. The Morgan fingerprint density at radius 1 is 1.10 bits per heavy atom. The molecule has 1 unspecified atom stereocenters. The Bertz CT molecular complexity index is 606. The highest BCUT2D eigenvalue weighted by Gasteiger charge is 2.12. The summed E-state index contributed by atoms with van der Waals surface area (Å²) in [5.74, 6) is -0.379. The maximum atomic E-state index is 11.6. The molecule has 0 aromatic heterocycles. The van der Waals surface area contributed by atoms with Crippen LogP contribution in [0, 0.1) is 11.3 Å². The van der Waals surface area contributed by atoms with Crippen LogP contribution in [-0.4, -0.2) is 12.6 Å². The summed E-state index contributed by atoms with van der Waals surface area (Å²) in [6.45, 7) is 0.448. The molecule has 1 atom stereocenters. The number of carbonyl (C=O) groups is 1. The molecular weight excluding hydrogens is 264 g/mol. The highest BCUT2D eigenvalue weighted by molar-refractivity contribution is 5.67. The number of amides is 1. The molecule has 0 saturated heterocycles. The third-order valence-corrected chi connectivity index (χ3v) is 3.02. The Labute approximate surface area is 124 Å². The molecule has 21 heavy (non-hydrogen) atoms. The number of hydrogen-bond acceptors (Lipinski definition) is 3. The summed E-state index contributed by atoms with van der Waals surface area (Å²) < 4.78 is 5.10. The SMILES string of the molecule is N#CC(CNC(=O)OCc1ccccc1)c1ccccc1. The molecule has 2 aromatic carbocycles. The molecule has 4 heteroatoms. The van der Waals surface area contributed by atoms with E-state index >= 15 is 0 Å². The van der Waals surface area contributed by atoms with Crippen molar-refractivity contribution in [3.05, 3.63) is 71.8 Å². The number of nitrogens with zero attached hydrogens (tertiary/aromatic N) is 1. The molecule has 0 aliphatic rings. The lowest BCUT2D eigenvalue weighted by Crippen LogP contribution is -2.28. The van der Waals surface area contributed by atoms with E-state index < -0.39 is 6.09 Å². The molecule has 0 fully saturated rings. The molecule has 0 aliphatic heterocycles. The maximum Gasteiger partial charge on any atom is 0.407 e. The van der Waals surface area contributed by atoms with Gasteiger partial charge in [-0.05, 0) is 11.1 Å². The van der Waals surface area contributed by atoms with Gasteiger partial charge in [0.05, 0.1) is 12.0 Å². The van der Waals surface area contributed by atoms with Gasteiger partial charge in [0.25, 0.3) is 0 Å². The zero-order valence-corrected chi connectivity index (χ0v) is 11.5. The molecule has 106 valence electrons. The summed E-state index contributed by atoms with van der Waals surface area (Å²) in [7, 11) is 0. The number of carbonyl (C=O) groups excluding carboxylic acids is 1. The van der Waals surface area contributed by atoms with Crippen LogP contribution in [-0.2, 0) is 11.3 Å². The van der Waals surface area contributed by atoms with Crippen LogP contribution in [0.1, 0.15) is 17.0 Å². The molecule has 0 bridgehead atoms. The highest BCUT2D eigenvalue weighted by atomic mass is 16.5. The summed E-state index contributed by atoms with van der Waals surface area (Å²) in [6, 6.07) is 21.0. The van der Waals surface area contributed by atoms with E-state index in [0.717, 1.165) is 11.1 Å². The van der Waals surface area contributed by atoms with Crippen molar-refractivity contribution in [3.8, 4) is 6.07 Å². The summed E-state index contributed by atoms with van der Waals surface area (Å²) in [5.41, 5.74) is 1.80. The number of ether oxygens (including phenoxy) is 1. The second-order valence-corrected chi connectivity index (χ2v) is 4.54. The van der Waals surface area contributed by atoms with E-state index in [1.54, 1.807) is 0 Å². The number of nitrogens with one attached hydrogen (secondary N) is 1. The number of nitriles is 1. The van der Waals surface area contributed by atoms with Crippen molar-refractivity contribution in [2.45, 2.75) is 12.5 Å². The van der Waals surface area contributed by atoms with Crippen LogP contribution < -0.4 is 5.32 Å². The fraction of sp³-hybridized carbons (Fsp3) is 0.176. The van der Waals surface area contributed by atoms with Gasteiger partial charge in [-0.15, -0.1) is 0 Å². The van der Waals surface area contributed by atoms with Crippen LogP contribution in [0.2, 0.25) is 0 Å². The van der Waals surface area contributed by atoms with Crippen molar-refractivity contribution < 1.29 is 9.53 Å². The van der Waals surface area contributed by atoms with Crippen LogP contribution in [0.3, 0.4) is 0 Å². The summed E-state index contributed by atoms with van der Waals surface area (Å²) in [6.07, 6.45) is -0.518. The van der Waals surface area contributed by atoms with Crippen LogP contribution in [0.4, 0.5) is 4.79 Å². The molecule has 1 N–H and O–H groups in total. The zero-order chi connectivity index (χ0) is 14.9. The van der Waals surface area contributed by atoms with E-state index in [2.05, 4.69) is 11.4 Å².